The maximum absolute atomic E-state index is 10.9. The summed E-state index contributed by atoms with van der Waals surface area (Å²) in [5.74, 6) is -0.472. The van der Waals surface area contributed by atoms with Crippen LogP contribution in [0.2, 0.25) is 0 Å². The van der Waals surface area contributed by atoms with E-state index < -0.39 is 11.4 Å². The lowest BCUT2D eigenvalue weighted by Gasteiger charge is -2.24. The smallest absolute Gasteiger partial charge is 0.237 e. The average Bonchev–Trinajstić information content (AvgIpc) is 2.12. The fourth-order valence-electron chi connectivity index (χ4n) is 0.698. The molecule has 6 nitrogen and oxygen atoms in total. The second kappa shape index (κ2) is 4.80. The van der Waals surface area contributed by atoms with Gasteiger partial charge >= 0.3 is 0 Å². The summed E-state index contributed by atoms with van der Waals surface area (Å²) in [5.41, 5.74) is 9.73. The lowest BCUT2D eigenvalue weighted by atomic mass is 10.0. The van der Waals surface area contributed by atoms with Gasteiger partial charge in [-0.05, 0) is 13.8 Å². The molecule has 0 saturated heterocycles. The highest BCUT2D eigenvalue weighted by atomic mass is 16.4. The van der Waals surface area contributed by atoms with E-state index in [9.17, 15) is 4.79 Å². The first-order valence-corrected chi connectivity index (χ1v) is 4.33. The molecule has 1 unspecified atom stereocenters. The van der Waals surface area contributed by atoms with E-state index in [1.165, 1.54) is 0 Å². The van der Waals surface area contributed by atoms with Gasteiger partial charge in [0.2, 0.25) is 5.91 Å². The maximum Gasteiger partial charge on any atom is 0.237 e. The molecule has 0 radical (unpaired) electrons. The van der Waals surface area contributed by atoms with Crippen molar-refractivity contribution in [2.75, 3.05) is 6.54 Å². The molecular weight excluding hydrogens is 184 g/mol. The Hall–Kier alpha value is -1.30. The summed E-state index contributed by atoms with van der Waals surface area (Å²) in [4.78, 5) is 10.9. The van der Waals surface area contributed by atoms with Gasteiger partial charge in [-0.15, -0.1) is 0 Å². The van der Waals surface area contributed by atoms with Crippen molar-refractivity contribution in [2.24, 2.45) is 22.5 Å². The Balaban J connectivity index is 4.13. The van der Waals surface area contributed by atoms with E-state index in [4.69, 9.17) is 16.7 Å². The maximum atomic E-state index is 10.9. The van der Waals surface area contributed by atoms with E-state index in [1.807, 2.05) is 0 Å². The highest BCUT2D eigenvalue weighted by molar-refractivity contribution is 5.84. The van der Waals surface area contributed by atoms with Gasteiger partial charge in [0.25, 0.3) is 0 Å². The number of hydrogen-bond donors (Lipinski definition) is 4. The van der Waals surface area contributed by atoms with Crippen molar-refractivity contribution in [3.63, 3.8) is 0 Å². The molecule has 0 spiro atoms. The molecular formula is C8H18N4O2. The van der Waals surface area contributed by atoms with Gasteiger partial charge in [0, 0.05) is 12.5 Å². The van der Waals surface area contributed by atoms with Crippen molar-refractivity contribution in [3.8, 4) is 0 Å². The molecule has 1 amide bonds. The number of amides is 1. The molecule has 0 bridgehead atoms. The van der Waals surface area contributed by atoms with Crippen molar-refractivity contribution < 1.29 is 10.0 Å². The highest BCUT2D eigenvalue weighted by Crippen LogP contribution is 2.02. The monoisotopic (exact) mass is 202 g/mol. The van der Waals surface area contributed by atoms with E-state index in [0.717, 1.165) is 0 Å². The number of carbonyl (C=O) groups excluding carboxylic acids is 1. The van der Waals surface area contributed by atoms with Crippen LogP contribution >= 0.6 is 0 Å². The largest absolute Gasteiger partial charge is 0.409 e. The summed E-state index contributed by atoms with van der Waals surface area (Å²) in [6.07, 6.45) is 0. The van der Waals surface area contributed by atoms with Gasteiger partial charge in [-0.25, -0.2) is 0 Å². The molecule has 0 aromatic heterocycles. The minimum absolute atomic E-state index is 0.123. The van der Waals surface area contributed by atoms with Gasteiger partial charge in [0.1, 0.15) is 5.84 Å². The highest BCUT2D eigenvalue weighted by Gasteiger charge is 2.24. The Morgan fingerprint density at radius 3 is 2.43 bits per heavy atom. The van der Waals surface area contributed by atoms with Gasteiger partial charge in [-0.3, -0.25) is 4.79 Å². The topological polar surface area (TPSA) is 114 Å². The Kier molecular flexibility index (Phi) is 4.36. The molecule has 82 valence electrons. The van der Waals surface area contributed by atoms with Crippen LogP contribution in [0.5, 0.6) is 0 Å². The first kappa shape index (κ1) is 12.7. The van der Waals surface area contributed by atoms with Crippen LogP contribution in [0.3, 0.4) is 0 Å². The SMILES string of the molecule is CC(CNC(C)(C)C(N)=O)C(N)=NO. The lowest BCUT2D eigenvalue weighted by molar-refractivity contribution is -0.123. The van der Waals surface area contributed by atoms with Crippen LogP contribution in [0.15, 0.2) is 5.16 Å². The second-order valence-corrected chi connectivity index (χ2v) is 3.80. The van der Waals surface area contributed by atoms with Crippen molar-refractivity contribution in [2.45, 2.75) is 26.3 Å². The summed E-state index contributed by atoms with van der Waals surface area (Å²) >= 11 is 0. The van der Waals surface area contributed by atoms with Crippen LogP contribution in [0.4, 0.5) is 0 Å². The van der Waals surface area contributed by atoms with Crippen LogP contribution in [-0.4, -0.2) is 29.0 Å². The molecule has 0 aliphatic heterocycles. The van der Waals surface area contributed by atoms with E-state index >= 15 is 0 Å². The molecule has 6 heteroatoms. The summed E-state index contributed by atoms with van der Waals surface area (Å²) < 4.78 is 0. The standard InChI is InChI=1S/C8H18N4O2/c1-5(6(9)12-14)4-11-8(2,3)7(10)13/h5,11,14H,4H2,1-3H3,(H2,9,12)(H2,10,13). The number of rotatable bonds is 5. The zero-order valence-corrected chi connectivity index (χ0v) is 8.74. The second-order valence-electron chi connectivity index (χ2n) is 3.80. The summed E-state index contributed by atoms with van der Waals surface area (Å²) in [6, 6.07) is 0. The normalized spacial score (nSPS) is 15.2. The molecule has 0 aliphatic carbocycles. The van der Waals surface area contributed by atoms with Crippen molar-refractivity contribution in [1.29, 1.82) is 0 Å². The van der Waals surface area contributed by atoms with Crippen LogP contribution < -0.4 is 16.8 Å². The van der Waals surface area contributed by atoms with Gasteiger partial charge in [-0.2, -0.15) is 0 Å². The molecule has 0 heterocycles. The Bertz CT molecular complexity index is 237. The predicted octanol–water partition coefficient (Wildman–Crippen LogP) is -0.778. The molecule has 0 rings (SSSR count). The number of nitrogens with zero attached hydrogens (tertiary/aromatic N) is 1. The summed E-state index contributed by atoms with van der Waals surface area (Å²) in [5, 5.41) is 14.2. The summed E-state index contributed by atoms with van der Waals surface area (Å²) in [6.45, 7) is 5.55. The number of carbonyl (C=O) groups is 1. The van der Waals surface area contributed by atoms with Crippen molar-refractivity contribution >= 4 is 11.7 Å². The Labute approximate surface area is 83.3 Å². The fraction of sp³-hybridized carbons (Fsp3) is 0.750. The predicted molar refractivity (Wildman–Crippen MR) is 53.8 cm³/mol. The molecule has 0 aromatic rings. The number of nitrogens with one attached hydrogen (secondary N) is 1. The van der Waals surface area contributed by atoms with E-state index in [1.54, 1.807) is 20.8 Å². The Morgan fingerprint density at radius 1 is 1.57 bits per heavy atom. The van der Waals surface area contributed by atoms with E-state index in [-0.39, 0.29) is 11.8 Å². The van der Waals surface area contributed by atoms with Crippen molar-refractivity contribution in [3.05, 3.63) is 0 Å². The third-order valence-electron chi connectivity index (χ3n) is 2.09. The first-order chi connectivity index (χ1) is 6.31. The van der Waals surface area contributed by atoms with Crippen LogP contribution in [-0.2, 0) is 4.79 Å². The van der Waals surface area contributed by atoms with Gasteiger partial charge < -0.3 is 22.0 Å². The third-order valence-corrected chi connectivity index (χ3v) is 2.09. The van der Waals surface area contributed by atoms with Crippen LogP contribution in [0, 0.1) is 5.92 Å². The number of primary amides is 1. The molecule has 14 heavy (non-hydrogen) atoms. The van der Waals surface area contributed by atoms with Gasteiger partial charge in [-0.1, -0.05) is 12.1 Å². The molecule has 0 aliphatic rings. The van der Waals surface area contributed by atoms with E-state index in [2.05, 4.69) is 10.5 Å². The number of nitrogens with two attached hydrogens (primary N) is 2. The number of oxime groups is 1. The minimum Gasteiger partial charge on any atom is -0.409 e. The fourth-order valence-corrected chi connectivity index (χ4v) is 0.698. The quantitative estimate of drug-likeness (QED) is 0.203. The van der Waals surface area contributed by atoms with Crippen LogP contribution in [0.1, 0.15) is 20.8 Å². The minimum atomic E-state index is -0.788. The molecule has 0 saturated carbocycles. The number of hydrogen-bond acceptors (Lipinski definition) is 4. The van der Waals surface area contributed by atoms with Crippen LogP contribution in [0.25, 0.3) is 0 Å². The van der Waals surface area contributed by atoms with E-state index in [0.29, 0.717) is 6.54 Å². The summed E-state index contributed by atoms with van der Waals surface area (Å²) in [7, 11) is 0. The van der Waals surface area contributed by atoms with Crippen molar-refractivity contribution in [1.82, 2.24) is 5.32 Å². The first-order valence-electron chi connectivity index (χ1n) is 4.33. The molecule has 6 N–H and O–H groups in total. The number of amidine groups is 1. The van der Waals surface area contributed by atoms with Gasteiger partial charge in [0.05, 0.1) is 5.54 Å². The molecule has 1 atom stereocenters. The zero-order chi connectivity index (χ0) is 11.4. The Morgan fingerprint density at radius 2 is 2.07 bits per heavy atom. The lowest BCUT2D eigenvalue weighted by Crippen LogP contribution is -2.52. The zero-order valence-electron chi connectivity index (χ0n) is 8.74. The average molecular weight is 202 g/mol. The molecule has 0 fully saturated rings. The van der Waals surface area contributed by atoms with Gasteiger partial charge in [0.15, 0.2) is 0 Å². The third kappa shape index (κ3) is 3.61. The molecule has 0 aromatic carbocycles.